The van der Waals surface area contributed by atoms with Gasteiger partial charge in [-0.1, -0.05) is 44.2 Å². The first-order valence-electron chi connectivity index (χ1n) is 11.5. The number of aliphatic carboxylic acids is 1. The van der Waals surface area contributed by atoms with Gasteiger partial charge < -0.3 is 15.2 Å². The average Bonchev–Trinajstić information content (AvgIpc) is 2.88. The number of carboxylic acid groups (broad SMARTS) is 1. The molecule has 4 rings (SSSR count). The van der Waals surface area contributed by atoms with Crippen molar-refractivity contribution in [3.05, 3.63) is 77.6 Å². The summed E-state index contributed by atoms with van der Waals surface area (Å²) in [6.45, 7) is 5.72. The number of aromatic nitrogens is 1. The number of pyridine rings is 1. The summed E-state index contributed by atoms with van der Waals surface area (Å²) >= 11 is 0. The molecule has 7 heteroatoms. The topological polar surface area (TPSA) is 95.2 Å². The van der Waals surface area contributed by atoms with Crippen molar-refractivity contribution in [1.29, 1.82) is 5.26 Å². The van der Waals surface area contributed by atoms with Gasteiger partial charge in [-0.3, -0.25) is 4.79 Å². The summed E-state index contributed by atoms with van der Waals surface area (Å²) in [5.74, 6) is -0.486. The molecule has 0 bridgehead atoms. The van der Waals surface area contributed by atoms with Gasteiger partial charge >= 0.3 is 5.97 Å². The van der Waals surface area contributed by atoms with Crippen LogP contribution in [0.5, 0.6) is 5.75 Å². The number of hydrogen-bond acceptors (Lipinski definition) is 5. The van der Waals surface area contributed by atoms with Gasteiger partial charge in [-0.15, -0.1) is 0 Å². The second kappa shape index (κ2) is 10.0. The Hall–Kier alpha value is -4.44. The minimum atomic E-state index is -1.09. The number of carbonyl (C=O) groups is 1. The molecule has 0 fully saturated rings. The molecule has 0 amide bonds. The van der Waals surface area contributed by atoms with Crippen LogP contribution < -0.4 is 10.1 Å². The van der Waals surface area contributed by atoms with E-state index >= 15 is 0 Å². The van der Waals surface area contributed by atoms with Gasteiger partial charge in [-0.25, -0.2) is 9.37 Å². The van der Waals surface area contributed by atoms with Crippen molar-refractivity contribution < 1.29 is 19.0 Å². The summed E-state index contributed by atoms with van der Waals surface area (Å²) in [5.41, 5.74) is 4.97. The number of fused-ring (bicyclic) bond motifs is 1. The van der Waals surface area contributed by atoms with Crippen molar-refractivity contribution >= 4 is 22.6 Å². The van der Waals surface area contributed by atoms with Gasteiger partial charge in [0.2, 0.25) is 0 Å². The monoisotopic (exact) mass is 483 g/mol. The van der Waals surface area contributed by atoms with Gasteiger partial charge in [0.05, 0.1) is 24.0 Å². The number of methoxy groups -OCH3 is 1. The molecule has 0 spiro atoms. The molecular formula is C29H26FN3O3. The van der Waals surface area contributed by atoms with Gasteiger partial charge in [0.1, 0.15) is 29.2 Å². The third-order valence-corrected chi connectivity index (χ3v) is 6.15. The number of anilines is 1. The Labute approximate surface area is 209 Å². The SMILES string of the molecule is COc1ccc(C(C)C)cc1-c1ccc(-c2nc3ccc(F)cc3c(NC(C)C(=O)O)c2C#N)cc1. The van der Waals surface area contributed by atoms with E-state index in [0.29, 0.717) is 28.1 Å². The number of nitrogens with zero attached hydrogens (tertiary/aromatic N) is 2. The van der Waals surface area contributed by atoms with Crippen LogP contribution in [-0.4, -0.2) is 29.2 Å². The predicted molar refractivity (Wildman–Crippen MR) is 139 cm³/mol. The van der Waals surface area contributed by atoms with Crippen LogP contribution >= 0.6 is 0 Å². The van der Waals surface area contributed by atoms with Crippen molar-refractivity contribution in [3.8, 4) is 34.2 Å². The van der Waals surface area contributed by atoms with Crippen LogP contribution in [-0.2, 0) is 4.79 Å². The van der Waals surface area contributed by atoms with E-state index in [1.807, 2.05) is 30.3 Å². The largest absolute Gasteiger partial charge is 0.496 e. The quantitative estimate of drug-likeness (QED) is 0.308. The molecule has 0 radical (unpaired) electrons. The standard InChI is InChI=1S/C29H26FN3O3/c1-16(2)20-9-12-26(36-4)22(13-20)18-5-7-19(8-6-18)27-24(15-31)28(32-17(3)29(34)35)23-14-21(30)10-11-25(23)33-27/h5-14,16-17H,1-4H3,(H,32,33)(H,34,35). The first-order chi connectivity index (χ1) is 17.2. The third kappa shape index (κ3) is 4.71. The van der Waals surface area contributed by atoms with Crippen molar-refractivity contribution in [2.24, 2.45) is 0 Å². The Morgan fingerprint density at radius 3 is 2.36 bits per heavy atom. The zero-order chi connectivity index (χ0) is 26.0. The minimum absolute atomic E-state index is 0.147. The van der Waals surface area contributed by atoms with E-state index in [4.69, 9.17) is 4.74 Å². The van der Waals surface area contributed by atoms with Gasteiger partial charge in [-0.2, -0.15) is 5.26 Å². The molecule has 36 heavy (non-hydrogen) atoms. The van der Waals surface area contributed by atoms with Crippen molar-refractivity contribution in [3.63, 3.8) is 0 Å². The summed E-state index contributed by atoms with van der Waals surface area (Å²) in [6.07, 6.45) is 0. The maximum Gasteiger partial charge on any atom is 0.325 e. The van der Waals surface area contributed by atoms with Crippen LogP contribution in [0, 0.1) is 17.1 Å². The molecule has 4 aromatic rings. The Morgan fingerprint density at radius 2 is 1.75 bits per heavy atom. The second-order valence-corrected chi connectivity index (χ2v) is 8.88. The van der Waals surface area contributed by atoms with Crippen LogP contribution in [0.1, 0.15) is 37.8 Å². The summed E-state index contributed by atoms with van der Waals surface area (Å²) < 4.78 is 19.6. The lowest BCUT2D eigenvalue weighted by atomic mass is 9.95. The number of benzene rings is 3. The summed E-state index contributed by atoms with van der Waals surface area (Å²) in [5, 5.41) is 22.7. The first kappa shape index (κ1) is 24.7. The van der Waals surface area contributed by atoms with Crippen molar-refractivity contribution in [2.75, 3.05) is 12.4 Å². The Balaban J connectivity index is 1.87. The highest BCUT2D eigenvalue weighted by atomic mass is 19.1. The fourth-order valence-electron chi connectivity index (χ4n) is 4.10. The first-order valence-corrected chi connectivity index (χ1v) is 11.5. The fourth-order valence-corrected chi connectivity index (χ4v) is 4.10. The van der Waals surface area contributed by atoms with E-state index in [1.165, 1.54) is 30.7 Å². The Morgan fingerprint density at radius 1 is 1.06 bits per heavy atom. The number of ether oxygens (including phenoxy) is 1. The van der Waals surface area contributed by atoms with Crippen LogP contribution in [0.15, 0.2) is 60.7 Å². The lowest BCUT2D eigenvalue weighted by Gasteiger charge is -2.18. The molecule has 6 nitrogen and oxygen atoms in total. The lowest BCUT2D eigenvalue weighted by molar-refractivity contribution is -0.137. The number of halogens is 1. The summed E-state index contributed by atoms with van der Waals surface area (Å²) in [6, 6.07) is 18.9. The van der Waals surface area contributed by atoms with Crippen molar-refractivity contribution in [1.82, 2.24) is 4.98 Å². The highest BCUT2D eigenvalue weighted by Crippen LogP contribution is 2.37. The maximum atomic E-state index is 14.1. The number of nitrogens with one attached hydrogen (secondary N) is 1. The highest BCUT2D eigenvalue weighted by Gasteiger charge is 2.21. The Bertz CT molecular complexity index is 1490. The van der Waals surface area contributed by atoms with Crippen LogP contribution in [0.4, 0.5) is 10.1 Å². The van der Waals surface area contributed by atoms with E-state index in [1.54, 1.807) is 7.11 Å². The van der Waals surface area contributed by atoms with Crippen LogP contribution in [0.25, 0.3) is 33.3 Å². The van der Waals surface area contributed by atoms with E-state index in [0.717, 1.165) is 16.9 Å². The smallest absolute Gasteiger partial charge is 0.325 e. The third-order valence-electron chi connectivity index (χ3n) is 6.15. The minimum Gasteiger partial charge on any atom is -0.496 e. The summed E-state index contributed by atoms with van der Waals surface area (Å²) in [4.78, 5) is 16.1. The highest BCUT2D eigenvalue weighted by molar-refractivity contribution is 5.99. The summed E-state index contributed by atoms with van der Waals surface area (Å²) in [7, 11) is 1.63. The molecular weight excluding hydrogens is 457 g/mol. The van der Waals surface area contributed by atoms with E-state index < -0.39 is 17.8 Å². The lowest BCUT2D eigenvalue weighted by Crippen LogP contribution is -2.26. The number of rotatable bonds is 7. The molecule has 1 unspecified atom stereocenters. The molecule has 1 atom stereocenters. The molecule has 0 saturated carbocycles. The molecule has 1 heterocycles. The molecule has 3 aromatic carbocycles. The van der Waals surface area contributed by atoms with Crippen LogP contribution in [0.3, 0.4) is 0 Å². The Kier molecular flexibility index (Phi) is 6.89. The van der Waals surface area contributed by atoms with E-state index in [2.05, 4.69) is 42.4 Å². The van der Waals surface area contributed by atoms with E-state index in [-0.39, 0.29) is 11.3 Å². The molecule has 0 aliphatic heterocycles. The van der Waals surface area contributed by atoms with E-state index in [9.17, 15) is 19.6 Å². The molecule has 0 aliphatic rings. The van der Waals surface area contributed by atoms with Crippen LogP contribution in [0.2, 0.25) is 0 Å². The van der Waals surface area contributed by atoms with Gasteiger partial charge in [0, 0.05) is 16.5 Å². The number of hydrogen-bond donors (Lipinski definition) is 2. The number of nitriles is 1. The van der Waals surface area contributed by atoms with Gasteiger partial charge in [0.25, 0.3) is 0 Å². The fraction of sp³-hybridized carbons (Fsp3) is 0.207. The normalized spacial score (nSPS) is 11.8. The second-order valence-electron chi connectivity index (χ2n) is 8.88. The zero-order valence-corrected chi connectivity index (χ0v) is 20.5. The molecule has 0 aliphatic carbocycles. The average molecular weight is 484 g/mol. The zero-order valence-electron chi connectivity index (χ0n) is 20.5. The van der Waals surface area contributed by atoms with Gasteiger partial charge in [0.15, 0.2) is 0 Å². The number of carboxylic acids is 1. The molecule has 182 valence electrons. The van der Waals surface area contributed by atoms with Crippen molar-refractivity contribution in [2.45, 2.75) is 32.7 Å². The predicted octanol–water partition coefficient (Wildman–Crippen LogP) is 6.60. The maximum absolute atomic E-state index is 14.1. The molecule has 1 aromatic heterocycles. The van der Waals surface area contributed by atoms with Gasteiger partial charge in [-0.05, 0) is 54.3 Å². The molecule has 0 saturated heterocycles. The molecule has 2 N–H and O–H groups in total.